The average Bonchev–Trinajstić information content (AvgIpc) is 2.67. The molecule has 1 aromatic heterocycles. The number of hydrogen-bond acceptors (Lipinski definition) is 1. The second kappa shape index (κ2) is 4.78. The van der Waals surface area contributed by atoms with E-state index in [1.165, 1.54) is 0 Å². The summed E-state index contributed by atoms with van der Waals surface area (Å²) in [6.45, 7) is 2.07. The van der Waals surface area contributed by atoms with Crippen LogP contribution in [0.2, 0.25) is 5.02 Å². The number of aromatic nitrogens is 2. The van der Waals surface area contributed by atoms with Crippen molar-refractivity contribution >= 4 is 50.8 Å². The van der Waals surface area contributed by atoms with Crippen LogP contribution in [-0.2, 0) is 0 Å². The first-order chi connectivity index (χ1) is 9.06. The zero-order valence-corrected chi connectivity index (χ0v) is 13.2. The Kier molecular flexibility index (Phi) is 3.25. The molecule has 3 aromatic rings. The van der Waals surface area contributed by atoms with Crippen molar-refractivity contribution in [3.05, 3.63) is 56.2 Å². The van der Waals surface area contributed by atoms with Gasteiger partial charge in [0.05, 0.1) is 16.7 Å². The summed E-state index contributed by atoms with van der Waals surface area (Å²) in [4.78, 5) is 3.19. The van der Waals surface area contributed by atoms with E-state index in [1.807, 2.05) is 28.8 Å². The molecule has 0 aliphatic carbocycles. The van der Waals surface area contributed by atoms with Crippen molar-refractivity contribution in [3.63, 3.8) is 0 Å². The van der Waals surface area contributed by atoms with E-state index in [4.69, 9.17) is 23.8 Å². The second-order valence-electron chi connectivity index (χ2n) is 4.36. The van der Waals surface area contributed by atoms with Crippen LogP contribution in [0.25, 0.3) is 16.7 Å². The van der Waals surface area contributed by atoms with Crippen LogP contribution in [-0.4, -0.2) is 9.55 Å². The molecule has 19 heavy (non-hydrogen) atoms. The molecule has 0 amide bonds. The Morgan fingerprint density at radius 3 is 2.79 bits per heavy atom. The second-order valence-corrected chi connectivity index (χ2v) is 6.10. The van der Waals surface area contributed by atoms with Gasteiger partial charge in [0.15, 0.2) is 4.77 Å². The molecule has 0 spiro atoms. The molecule has 1 heterocycles. The number of halogens is 2. The molecular weight excluding hydrogens is 344 g/mol. The molecule has 0 fully saturated rings. The molecule has 0 aliphatic heterocycles. The van der Waals surface area contributed by atoms with E-state index in [-0.39, 0.29) is 0 Å². The van der Waals surface area contributed by atoms with Gasteiger partial charge in [-0.2, -0.15) is 0 Å². The van der Waals surface area contributed by atoms with Crippen LogP contribution in [0.15, 0.2) is 40.9 Å². The van der Waals surface area contributed by atoms with Gasteiger partial charge >= 0.3 is 0 Å². The first-order valence-electron chi connectivity index (χ1n) is 5.73. The monoisotopic (exact) mass is 352 g/mol. The van der Waals surface area contributed by atoms with E-state index in [2.05, 4.69) is 40.0 Å². The maximum atomic E-state index is 6.01. The molecule has 2 aromatic carbocycles. The number of imidazole rings is 1. The molecule has 96 valence electrons. The number of hydrogen-bond donors (Lipinski definition) is 1. The van der Waals surface area contributed by atoms with Crippen LogP contribution in [0, 0.1) is 11.7 Å². The Morgan fingerprint density at radius 2 is 2.00 bits per heavy atom. The lowest BCUT2D eigenvalue weighted by Gasteiger charge is -2.09. The molecule has 0 radical (unpaired) electrons. The SMILES string of the molecule is Cc1ccc(Br)cc1-n1c(=S)[nH]c2cc(Cl)ccc21. The van der Waals surface area contributed by atoms with Gasteiger partial charge in [-0.05, 0) is 55.0 Å². The molecule has 0 atom stereocenters. The van der Waals surface area contributed by atoms with Crippen LogP contribution in [0.5, 0.6) is 0 Å². The summed E-state index contributed by atoms with van der Waals surface area (Å²) in [7, 11) is 0. The molecule has 0 saturated heterocycles. The number of aromatic amines is 1. The zero-order chi connectivity index (χ0) is 13.6. The Balaban J connectivity index is 2.39. The molecule has 3 rings (SSSR count). The third-order valence-electron chi connectivity index (χ3n) is 3.06. The van der Waals surface area contributed by atoms with Crippen LogP contribution >= 0.6 is 39.7 Å². The van der Waals surface area contributed by atoms with Crippen LogP contribution in [0.4, 0.5) is 0 Å². The quantitative estimate of drug-likeness (QED) is 0.580. The molecule has 0 bridgehead atoms. The standard InChI is InChI=1S/C14H10BrClN2S/c1-8-2-3-9(15)6-13(8)18-12-5-4-10(16)7-11(12)17-14(18)19/h2-7H,1H3,(H,17,19). The number of fused-ring (bicyclic) bond motifs is 1. The van der Waals surface area contributed by atoms with E-state index in [9.17, 15) is 0 Å². The van der Waals surface area contributed by atoms with Crippen molar-refractivity contribution in [3.8, 4) is 5.69 Å². The maximum absolute atomic E-state index is 6.01. The van der Waals surface area contributed by atoms with Gasteiger partial charge in [-0.1, -0.05) is 33.6 Å². The van der Waals surface area contributed by atoms with Crippen molar-refractivity contribution < 1.29 is 0 Å². The summed E-state index contributed by atoms with van der Waals surface area (Å²) < 4.78 is 3.72. The summed E-state index contributed by atoms with van der Waals surface area (Å²) in [5.74, 6) is 0. The van der Waals surface area contributed by atoms with Gasteiger partial charge in [0.25, 0.3) is 0 Å². The molecule has 1 N–H and O–H groups in total. The molecule has 5 heteroatoms. The lowest BCUT2D eigenvalue weighted by atomic mass is 10.2. The predicted molar refractivity (Wildman–Crippen MR) is 85.9 cm³/mol. The Morgan fingerprint density at radius 1 is 1.21 bits per heavy atom. The van der Waals surface area contributed by atoms with E-state index in [1.54, 1.807) is 0 Å². The van der Waals surface area contributed by atoms with Crippen molar-refractivity contribution in [2.45, 2.75) is 6.92 Å². The van der Waals surface area contributed by atoms with Crippen molar-refractivity contribution in [1.82, 2.24) is 9.55 Å². The van der Waals surface area contributed by atoms with Gasteiger partial charge in [0.2, 0.25) is 0 Å². The predicted octanol–water partition coefficient (Wildman–Crippen LogP) is 5.41. The summed E-state index contributed by atoms with van der Waals surface area (Å²) in [5.41, 5.74) is 4.19. The summed E-state index contributed by atoms with van der Waals surface area (Å²) in [5, 5.41) is 0.696. The Hall–Kier alpha value is -1.10. The highest BCUT2D eigenvalue weighted by Crippen LogP contribution is 2.26. The third-order valence-corrected chi connectivity index (χ3v) is 4.07. The lowest BCUT2D eigenvalue weighted by Crippen LogP contribution is -1.97. The van der Waals surface area contributed by atoms with E-state index in [0.717, 1.165) is 26.8 Å². The number of aryl methyl sites for hydroxylation is 1. The molecule has 0 aliphatic rings. The minimum Gasteiger partial charge on any atom is -0.330 e. The van der Waals surface area contributed by atoms with Gasteiger partial charge in [-0.15, -0.1) is 0 Å². The highest BCUT2D eigenvalue weighted by molar-refractivity contribution is 9.10. The van der Waals surface area contributed by atoms with Gasteiger partial charge < -0.3 is 4.98 Å². The molecule has 0 unspecified atom stereocenters. The Bertz CT molecular complexity index is 835. The molecular formula is C14H10BrClN2S. The number of nitrogens with zero attached hydrogens (tertiary/aromatic N) is 1. The van der Waals surface area contributed by atoms with Crippen LogP contribution < -0.4 is 0 Å². The van der Waals surface area contributed by atoms with Gasteiger partial charge in [-0.25, -0.2) is 0 Å². The largest absolute Gasteiger partial charge is 0.330 e. The van der Waals surface area contributed by atoms with E-state index >= 15 is 0 Å². The zero-order valence-electron chi connectivity index (χ0n) is 10.1. The van der Waals surface area contributed by atoms with E-state index < -0.39 is 0 Å². The molecule has 0 saturated carbocycles. The van der Waals surface area contributed by atoms with Gasteiger partial charge in [-0.3, -0.25) is 4.57 Å². The van der Waals surface area contributed by atoms with E-state index in [0.29, 0.717) is 9.79 Å². The minimum atomic E-state index is 0.665. The topological polar surface area (TPSA) is 20.7 Å². The normalized spacial score (nSPS) is 11.1. The number of benzene rings is 2. The van der Waals surface area contributed by atoms with Crippen molar-refractivity contribution in [2.24, 2.45) is 0 Å². The third kappa shape index (κ3) is 2.24. The fourth-order valence-corrected chi connectivity index (χ4v) is 2.97. The lowest BCUT2D eigenvalue weighted by molar-refractivity contribution is 1.05. The van der Waals surface area contributed by atoms with Crippen molar-refractivity contribution in [2.75, 3.05) is 0 Å². The minimum absolute atomic E-state index is 0.665. The highest BCUT2D eigenvalue weighted by Gasteiger charge is 2.09. The average molecular weight is 354 g/mol. The van der Waals surface area contributed by atoms with Crippen molar-refractivity contribution in [1.29, 1.82) is 0 Å². The van der Waals surface area contributed by atoms with Gasteiger partial charge in [0, 0.05) is 9.50 Å². The summed E-state index contributed by atoms with van der Waals surface area (Å²) in [6.07, 6.45) is 0. The fourth-order valence-electron chi connectivity index (χ4n) is 2.15. The summed E-state index contributed by atoms with van der Waals surface area (Å²) in [6, 6.07) is 11.9. The van der Waals surface area contributed by atoms with Gasteiger partial charge in [0.1, 0.15) is 0 Å². The first-order valence-corrected chi connectivity index (χ1v) is 7.31. The van der Waals surface area contributed by atoms with Crippen LogP contribution in [0.1, 0.15) is 5.56 Å². The number of H-pyrrole nitrogens is 1. The van der Waals surface area contributed by atoms with Crippen LogP contribution in [0.3, 0.4) is 0 Å². The smallest absolute Gasteiger partial charge is 0.182 e. The highest BCUT2D eigenvalue weighted by atomic mass is 79.9. The molecule has 2 nitrogen and oxygen atoms in total. The fraction of sp³-hybridized carbons (Fsp3) is 0.0714. The maximum Gasteiger partial charge on any atom is 0.182 e. The Labute approximate surface area is 129 Å². The number of rotatable bonds is 1. The summed E-state index contributed by atoms with van der Waals surface area (Å²) >= 11 is 14.9. The number of nitrogens with one attached hydrogen (secondary N) is 1. The first kappa shape index (κ1) is 12.9.